The zero-order valence-corrected chi connectivity index (χ0v) is 17.2. The number of rotatable bonds is 7. The summed E-state index contributed by atoms with van der Waals surface area (Å²) in [5, 5.41) is 4.22. The molecule has 0 aliphatic rings. The molecule has 2 aromatic carbocycles. The van der Waals surface area contributed by atoms with Gasteiger partial charge in [0, 0.05) is 23.1 Å². The molecule has 1 N–H and O–H groups in total. The quantitative estimate of drug-likeness (QED) is 0.514. The molecule has 0 unspecified atom stereocenters. The number of Topliss-reactive ketones (excluding diaryl/α,β-unsaturated/α-hetero) is 1. The maximum absolute atomic E-state index is 12.1. The van der Waals surface area contributed by atoms with Gasteiger partial charge >= 0.3 is 0 Å². The minimum absolute atomic E-state index is 0.0234. The fourth-order valence-electron chi connectivity index (χ4n) is 2.39. The molecule has 144 valence electrons. The van der Waals surface area contributed by atoms with E-state index in [1.54, 1.807) is 36.5 Å². The van der Waals surface area contributed by atoms with Gasteiger partial charge in [-0.2, -0.15) is 0 Å². The third-order valence-corrected chi connectivity index (χ3v) is 5.44. The standard InChI is InChI=1S/C20H16Cl2N2O3S/c1-12(25)14-3-5-15(6-4-14)27-11-19(26)24-20-23-10-16(28-20)8-13-2-7-17(21)18(22)9-13/h2-7,9-10H,8,11H2,1H3,(H,23,24,26). The summed E-state index contributed by atoms with van der Waals surface area (Å²) in [4.78, 5) is 28.5. The number of hydrogen-bond donors (Lipinski definition) is 1. The molecule has 0 fully saturated rings. The minimum Gasteiger partial charge on any atom is -0.484 e. The van der Waals surface area contributed by atoms with Crippen LogP contribution < -0.4 is 10.1 Å². The number of aromatic nitrogens is 1. The summed E-state index contributed by atoms with van der Waals surface area (Å²) in [6.07, 6.45) is 2.35. The number of carbonyl (C=O) groups excluding carboxylic acids is 2. The van der Waals surface area contributed by atoms with Crippen molar-refractivity contribution in [2.24, 2.45) is 0 Å². The van der Waals surface area contributed by atoms with Crippen molar-refractivity contribution in [1.82, 2.24) is 4.98 Å². The molecule has 1 amide bonds. The average molecular weight is 435 g/mol. The molecular weight excluding hydrogens is 419 g/mol. The van der Waals surface area contributed by atoms with Crippen molar-refractivity contribution in [3.63, 3.8) is 0 Å². The summed E-state index contributed by atoms with van der Waals surface area (Å²) in [5.74, 6) is 0.176. The highest BCUT2D eigenvalue weighted by molar-refractivity contribution is 7.15. The Labute approximate surface area is 176 Å². The minimum atomic E-state index is -0.314. The van der Waals surface area contributed by atoms with Crippen molar-refractivity contribution in [3.05, 3.63) is 74.7 Å². The van der Waals surface area contributed by atoms with Gasteiger partial charge in [0.25, 0.3) is 5.91 Å². The lowest BCUT2D eigenvalue weighted by Crippen LogP contribution is -2.20. The topological polar surface area (TPSA) is 68.3 Å². The van der Waals surface area contributed by atoms with Crippen molar-refractivity contribution in [2.45, 2.75) is 13.3 Å². The van der Waals surface area contributed by atoms with Crippen LogP contribution in [0.1, 0.15) is 27.7 Å². The molecule has 0 atom stereocenters. The van der Waals surface area contributed by atoms with Gasteiger partial charge in [0.2, 0.25) is 0 Å². The average Bonchev–Trinajstić information content (AvgIpc) is 3.10. The molecule has 0 radical (unpaired) electrons. The first-order valence-corrected chi connectivity index (χ1v) is 9.90. The normalized spacial score (nSPS) is 10.5. The van der Waals surface area contributed by atoms with Gasteiger partial charge in [-0.15, -0.1) is 11.3 Å². The lowest BCUT2D eigenvalue weighted by atomic mass is 10.1. The van der Waals surface area contributed by atoms with Gasteiger partial charge in [0.15, 0.2) is 17.5 Å². The number of benzene rings is 2. The summed E-state index contributed by atoms with van der Waals surface area (Å²) in [5.41, 5.74) is 1.60. The molecule has 5 nitrogen and oxygen atoms in total. The van der Waals surface area contributed by atoms with Crippen LogP contribution >= 0.6 is 34.5 Å². The molecule has 0 aliphatic heterocycles. The third-order valence-electron chi connectivity index (χ3n) is 3.79. The van der Waals surface area contributed by atoms with E-state index in [0.717, 1.165) is 10.4 Å². The molecule has 0 saturated carbocycles. The maximum Gasteiger partial charge on any atom is 0.264 e. The van der Waals surface area contributed by atoms with Crippen LogP contribution in [0.2, 0.25) is 10.0 Å². The summed E-state index contributed by atoms with van der Waals surface area (Å²) in [6, 6.07) is 12.1. The van der Waals surface area contributed by atoms with Crippen LogP contribution in [0.3, 0.4) is 0 Å². The molecule has 8 heteroatoms. The molecule has 3 aromatic rings. The van der Waals surface area contributed by atoms with Gasteiger partial charge in [-0.05, 0) is 48.9 Å². The Kier molecular flexibility index (Phi) is 6.67. The molecule has 0 spiro atoms. The molecule has 0 saturated heterocycles. The number of ether oxygens (including phenoxy) is 1. The SMILES string of the molecule is CC(=O)c1ccc(OCC(=O)Nc2ncc(Cc3ccc(Cl)c(Cl)c3)s2)cc1. The van der Waals surface area contributed by atoms with E-state index < -0.39 is 0 Å². The van der Waals surface area contributed by atoms with Crippen molar-refractivity contribution < 1.29 is 14.3 Å². The third kappa shape index (κ3) is 5.55. The van der Waals surface area contributed by atoms with Crippen LogP contribution in [0.4, 0.5) is 5.13 Å². The van der Waals surface area contributed by atoms with Crippen molar-refractivity contribution in [2.75, 3.05) is 11.9 Å². The Balaban J connectivity index is 1.52. The number of nitrogens with one attached hydrogen (secondary N) is 1. The van der Waals surface area contributed by atoms with Gasteiger partial charge in [-0.25, -0.2) is 4.98 Å². The summed E-state index contributed by atoms with van der Waals surface area (Å²) < 4.78 is 5.43. The molecule has 1 aromatic heterocycles. The van der Waals surface area contributed by atoms with E-state index in [2.05, 4.69) is 10.3 Å². The predicted molar refractivity (Wildman–Crippen MR) is 112 cm³/mol. The highest BCUT2D eigenvalue weighted by atomic mass is 35.5. The Bertz CT molecular complexity index is 1000. The predicted octanol–water partition coefficient (Wildman–Crippen LogP) is 5.26. The highest BCUT2D eigenvalue weighted by Crippen LogP contribution is 2.26. The lowest BCUT2D eigenvalue weighted by Gasteiger charge is -2.06. The first-order chi connectivity index (χ1) is 13.4. The number of anilines is 1. The summed E-state index contributed by atoms with van der Waals surface area (Å²) >= 11 is 13.3. The Hall–Kier alpha value is -2.41. The van der Waals surface area contributed by atoms with Crippen LogP contribution in [0, 0.1) is 0 Å². The number of nitrogens with zero attached hydrogens (tertiary/aromatic N) is 1. The number of halogens is 2. The van der Waals surface area contributed by atoms with Crippen LogP contribution in [0.5, 0.6) is 5.75 Å². The Morgan fingerprint density at radius 3 is 2.54 bits per heavy atom. The maximum atomic E-state index is 12.1. The number of hydrogen-bond acceptors (Lipinski definition) is 5. The van der Waals surface area contributed by atoms with E-state index in [9.17, 15) is 9.59 Å². The van der Waals surface area contributed by atoms with E-state index in [1.165, 1.54) is 18.3 Å². The van der Waals surface area contributed by atoms with E-state index in [4.69, 9.17) is 27.9 Å². The van der Waals surface area contributed by atoms with Crippen LogP contribution in [0.15, 0.2) is 48.7 Å². The van der Waals surface area contributed by atoms with Crippen LogP contribution in [-0.2, 0) is 11.2 Å². The van der Waals surface area contributed by atoms with Crippen molar-refractivity contribution in [3.8, 4) is 5.75 Å². The van der Waals surface area contributed by atoms with Gasteiger partial charge in [-0.3, -0.25) is 14.9 Å². The first kappa shape index (κ1) is 20.3. The van der Waals surface area contributed by atoms with E-state index >= 15 is 0 Å². The van der Waals surface area contributed by atoms with Gasteiger partial charge < -0.3 is 4.74 Å². The molecule has 0 bridgehead atoms. The second-order valence-corrected chi connectivity index (χ2v) is 7.90. The number of amides is 1. The zero-order chi connectivity index (χ0) is 20.1. The van der Waals surface area contributed by atoms with Gasteiger partial charge in [-0.1, -0.05) is 29.3 Å². The number of carbonyl (C=O) groups is 2. The molecule has 1 heterocycles. The smallest absolute Gasteiger partial charge is 0.264 e. The fourth-order valence-corrected chi connectivity index (χ4v) is 3.57. The molecule has 3 rings (SSSR count). The van der Waals surface area contributed by atoms with E-state index in [0.29, 0.717) is 32.9 Å². The number of thiazole rings is 1. The van der Waals surface area contributed by atoms with Gasteiger partial charge in [0.05, 0.1) is 10.0 Å². The molecule has 28 heavy (non-hydrogen) atoms. The van der Waals surface area contributed by atoms with E-state index in [1.807, 2.05) is 12.1 Å². The van der Waals surface area contributed by atoms with Crippen LogP contribution in [0.25, 0.3) is 0 Å². The molecule has 0 aliphatic carbocycles. The lowest BCUT2D eigenvalue weighted by molar-refractivity contribution is -0.118. The Morgan fingerprint density at radius 1 is 1.11 bits per heavy atom. The largest absolute Gasteiger partial charge is 0.484 e. The first-order valence-electron chi connectivity index (χ1n) is 8.33. The monoisotopic (exact) mass is 434 g/mol. The highest BCUT2D eigenvalue weighted by Gasteiger charge is 2.09. The van der Waals surface area contributed by atoms with E-state index in [-0.39, 0.29) is 18.3 Å². The zero-order valence-electron chi connectivity index (χ0n) is 14.9. The number of ketones is 1. The fraction of sp³-hybridized carbons (Fsp3) is 0.150. The van der Waals surface area contributed by atoms with Crippen LogP contribution in [-0.4, -0.2) is 23.3 Å². The summed E-state index contributed by atoms with van der Waals surface area (Å²) in [7, 11) is 0. The second kappa shape index (κ2) is 9.19. The second-order valence-electron chi connectivity index (χ2n) is 5.97. The van der Waals surface area contributed by atoms with Crippen molar-refractivity contribution in [1.29, 1.82) is 0 Å². The Morgan fingerprint density at radius 2 is 1.86 bits per heavy atom. The van der Waals surface area contributed by atoms with Gasteiger partial charge in [0.1, 0.15) is 5.75 Å². The summed E-state index contributed by atoms with van der Waals surface area (Å²) in [6.45, 7) is 1.34. The van der Waals surface area contributed by atoms with Crippen molar-refractivity contribution >= 4 is 51.4 Å². The molecular formula is C20H16Cl2N2O3S.